The molecule has 1 heterocycles. The minimum absolute atomic E-state index is 0.0436. The molecule has 0 aromatic heterocycles. The van der Waals surface area contributed by atoms with Gasteiger partial charge in [0, 0.05) is 24.4 Å². The third-order valence-electron chi connectivity index (χ3n) is 4.58. The lowest BCUT2D eigenvalue weighted by Gasteiger charge is -2.27. The van der Waals surface area contributed by atoms with Gasteiger partial charge in [0.2, 0.25) is 5.91 Å². The fraction of sp³-hybridized carbons (Fsp3) is 0.238. The number of hydrogen-bond donors (Lipinski definition) is 1. The third-order valence-corrected chi connectivity index (χ3v) is 4.58. The Morgan fingerprint density at radius 3 is 2.76 bits per heavy atom. The molecule has 2 amide bonds. The van der Waals surface area contributed by atoms with Crippen LogP contribution in [-0.4, -0.2) is 29.9 Å². The maximum Gasteiger partial charge on any atom is 0.282 e. The van der Waals surface area contributed by atoms with Crippen molar-refractivity contribution in [3.8, 4) is 5.75 Å². The Labute approximate surface area is 167 Å². The summed E-state index contributed by atoms with van der Waals surface area (Å²) < 4.78 is 5.84. The Kier molecular flexibility index (Phi) is 5.36. The van der Waals surface area contributed by atoms with E-state index >= 15 is 0 Å². The highest BCUT2D eigenvalue weighted by molar-refractivity contribution is 6.07. The first-order valence-corrected chi connectivity index (χ1v) is 8.99. The van der Waals surface area contributed by atoms with Crippen LogP contribution in [0.1, 0.15) is 24.2 Å². The van der Waals surface area contributed by atoms with Crippen LogP contribution in [0.15, 0.2) is 55.1 Å². The van der Waals surface area contributed by atoms with Crippen LogP contribution < -0.4 is 15.0 Å². The van der Waals surface area contributed by atoms with Crippen LogP contribution in [0.2, 0.25) is 0 Å². The number of carbonyl (C=O) groups excluding carboxylic acids is 2. The molecule has 150 valence electrons. The van der Waals surface area contributed by atoms with Crippen LogP contribution in [0.5, 0.6) is 5.75 Å². The van der Waals surface area contributed by atoms with E-state index in [0.29, 0.717) is 23.7 Å². The van der Waals surface area contributed by atoms with Crippen molar-refractivity contribution in [2.45, 2.75) is 13.8 Å². The Balaban J connectivity index is 1.92. The molecule has 3 rings (SSSR count). The molecule has 0 spiro atoms. The standard InChI is InChI=1S/C21H21N3O5/c1-4-11-23-17-10-9-14(12-18(17)29-13-21(2,3)20(23)26)22-19(25)15-7-5-6-8-16(15)24(27)28/h4-10,12H,1,11,13H2,2-3H3,(H,22,25). The smallest absolute Gasteiger partial charge is 0.282 e. The van der Waals surface area contributed by atoms with Gasteiger partial charge in [0.15, 0.2) is 0 Å². The highest BCUT2D eigenvalue weighted by atomic mass is 16.6. The van der Waals surface area contributed by atoms with Gasteiger partial charge in [-0.15, -0.1) is 6.58 Å². The SMILES string of the molecule is C=CCN1C(=O)C(C)(C)COc2cc(NC(=O)c3ccccc3[N+](=O)[O-])ccc21. The second-order valence-corrected chi connectivity index (χ2v) is 7.29. The molecular weight excluding hydrogens is 374 g/mol. The minimum Gasteiger partial charge on any atom is -0.490 e. The number of benzene rings is 2. The quantitative estimate of drug-likeness (QED) is 0.471. The number of hydrogen-bond acceptors (Lipinski definition) is 5. The zero-order valence-electron chi connectivity index (χ0n) is 16.2. The maximum absolute atomic E-state index is 12.8. The molecule has 2 aromatic rings. The van der Waals surface area contributed by atoms with Crippen LogP contribution >= 0.6 is 0 Å². The Morgan fingerprint density at radius 1 is 1.34 bits per heavy atom. The minimum atomic E-state index is -0.726. The number of nitrogens with one attached hydrogen (secondary N) is 1. The molecule has 0 radical (unpaired) electrons. The van der Waals surface area contributed by atoms with Crippen LogP contribution in [0.4, 0.5) is 17.1 Å². The number of rotatable bonds is 5. The average molecular weight is 395 g/mol. The molecular formula is C21H21N3O5. The summed E-state index contributed by atoms with van der Waals surface area (Å²) in [4.78, 5) is 37.5. The Morgan fingerprint density at radius 2 is 2.07 bits per heavy atom. The van der Waals surface area contributed by atoms with Gasteiger partial charge in [0.25, 0.3) is 11.6 Å². The number of para-hydroxylation sites is 1. The van der Waals surface area contributed by atoms with Gasteiger partial charge in [-0.05, 0) is 32.0 Å². The van der Waals surface area contributed by atoms with Crippen molar-refractivity contribution in [2.24, 2.45) is 5.41 Å². The molecule has 0 unspecified atom stereocenters. The first-order chi connectivity index (χ1) is 13.7. The lowest BCUT2D eigenvalue weighted by Crippen LogP contribution is -2.42. The highest BCUT2D eigenvalue weighted by Crippen LogP contribution is 2.38. The summed E-state index contributed by atoms with van der Waals surface area (Å²) in [5, 5.41) is 13.8. The van der Waals surface area contributed by atoms with E-state index in [1.807, 2.05) is 0 Å². The molecule has 0 fully saturated rings. The van der Waals surface area contributed by atoms with E-state index < -0.39 is 16.2 Å². The number of nitro groups is 1. The van der Waals surface area contributed by atoms with E-state index in [1.165, 1.54) is 18.2 Å². The Bertz CT molecular complexity index is 1000. The van der Waals surface area contributed by atoms with E-state index in [1.54, 1.807) is 49.1 Å². The number of amides is 2. The van der Waals surface area contributed by atoms with Crippen molar-refractivity contribution in [1.82, 2.24) is 0 Å². The van der Waals surface area contributed by atoms with Gasteiger partial charge in [0.1, 0.15) is 17.9 Å². The van der Waals surface area contributed by atoms with E-state index in [4.69, 9.17) is 4.74 Å². The molecule has 0 saturated heterocycles. The van der Waals surface area contributed by atoms with Crippen molar-refractivity contribution >= 4 is 28.9 Å². The van der Waals surface area contributed by atoms with Crippen molar-refractivity contribution in [3.05, 3.63) is 70.8 Å². The van der Waals surface area contributed by atoms with Crippen molar-refractivity contribution in [1.29, 1.82) is 0 Å². The van der Waals surface area contributed by atoms with Crippen LogP contribution in [0.3, 0.4) is 0 Å². The van der Waals surface area contributed by atoms with Crippen molar-refractivity contribution < 1.29 is 19.2 Å². The Hall–Kier alpha value is -3.68. The van der Waals surface area contributed by atoms with E-state index in [-0.39, 0.29) is 23.8 Å². The average Bonchev–Trinajstić information content (AvgIpc) is 2.78. The summed E-state index contributed by atoms with van der Waals surface area (Å²) in [6, 6.07) is 10.6. The van der Waals surface area contributed by atoms with Gasteiger partial charge >= 0.3 is 0 Å². The third kappa shape index (κ3) is 3.96. The summed E-state index contributed by atoms with van der Waals surface area (Å²) in [5.74, 6) is -0.260. The predicted molar refractivity (Wildman–Crippen MR) is 109 cm³/mol. The molecule has 1 aliphatic rings. The number of anilines is 2. The monoisotopic (exact) mass is 395 g/mol. The maximum atomic E-state index is 12.8. The normalized spacial score (nSPS) is 15.0. The molecule has 0 atom stereocenters. The fourth-order valence-corrected chi connectivity index (χ4v) is 3.06. The molecule has 1 aliphatic heterocycles. The fourth-order valence-electron chi connectivity index (χ4n) is 3.06. The van der Waals surface area contributed by atoms with E-state index in [0.717, 1.165) is 0 Å². The van der Waals surface area contributed by atoms with Gasteiger partial charge in [-0.3, -0.25) is 19.7 Å². The number of nitro benzene ring substituents is 1. The van der Waals surface area contributed by atoms with Gasteiger partial charge in [-0.2, -0.15) is 0 Å². The van der Waals surface area contributed by atoms with Gasteiger partial charge in [-0.1, -0.05) is 18.2 Å². The summed E-state index contributed by atoms with van der Waals surface area (Å²) in [7, 11) is 0. The summed E-state index contributed by atoms with van der Waals surface area (Å²) in [6.45, 7) is 7.80. The zero-order chi connectivity index (χ0) is 21.2. The molecule has 8 heteroatoms. The lowest BCUT2D eigenvalue weighted by molar-refractivity contribution is -0.385. The van der Waals surface area contributed by atoms with Crippen molar-refractivity contribution in [2.75, 3.05) is 23.4 Å². The second kappa shape index (κ2) is 7.75. The molecule has 2 aromatic carbocycles. The van der Waals surface area contributed by atoms with Crippen LogP contribution in [0.25, 0.3) is 0 Å². The number of nitrogens with zero attached hydrogens (tertiary/aromatic N) is 2. The summed E-state index contributed by atoms with van der Waals surface area (Å²) in [5.41, 5.74) is -0.0731. The first kappa shape index (κ1) is 20.1. The van der Waals surface area contributed by atoms with Crippen molar-refractivity contribution in [3.63, 3.8) is 0 Å². The van der Waals surface area contributed by atoms with Crippen LogP contribution in [-0.2, 0) is 4.79 Å². The molecule has 0 aliphatic carbocycles. The second-order valence-electron chi connectivity index (χ2n) is 7.29. The topological polar surface area (TPSA) is 102 Å². The van der Waals surface area contributed by atoms with Gasteiger partial charge in [0.05, 0.1) is 16.0 Å². The largest absolute Gasteiger partial charge is 0.490 e. The number of ether oxygens (including phenoxy) is 1. The lowest BCUT2D eigenvalue weighted by atomic mass is 9.93. The first-order valence-electron chi connectivity index (χ1n) is 8.99. The van der Waals surface area contributed by atoms with E-state index in [9.17, 15) is 19.7 Å². The summed E-state index contributed by atoms with van der Waals surface area (Å²) in [6.07, 6.45) is 1.63. The van der Waals surface area contributed by atoms with Gasteiger partial charge < -0.3 is 15.0 Å². The number of fused-ring (bicyclic) bond motifs is 1. The molecule has 8 nitrogen and oxygen atoms in total. The highest BCUT2D eigenvalue weighted by Gasteiger charge is 2.37. The molecule has 29 heavy (non-hydrogen) atoms. The molecule has 0 saturated carbocycles. The predicted octanol–water partition coefficient (Wildman–Crippen LogP) is 3.78. The summed E-state index contributed by atoms with van der Waals surface area (Å²) >= 11 is 0. The van der Waals surface area contributed by atoms with Gasteiger partial charge in [-0.25, -0.2) is 0 Å². The molecule has 0 bridgehead atoms. The van der Waals surface area contributed by atoms with E-state index in [2.05, 4.69) is 11.9 Å². The number of carbonyl (C=O) groups is 2. The van der Waals surface area contributed by atoms with Crippen LogP contribution in [0, 0.1) is 15.5 Å². The molecule has 1 N–H and O–H groups in total. The zero-order valence-corrected chi connectivity index (χ0v) is 16.2.